The van der Waals surface area contributed by atoms with Gasteiger partial charge in [-0.3, -0.25) is 14.6 Å². The van der Waals surface area contributed by atoms with Crippen LogP contribution >= 0.6 is 0 Å². The van der Waals surface area contributed by atoms with Gasteiger partial charge in [-0.25, -0.2) is 9.97 Å². The lowest BCUT2D eigenvalue weighted by molar-refractivity contribution is 0.240. The van der Waals surface area contributed by atoms with Crippen molar-refractivity contribution in [2.75, 3.05) is 38.5 Å². The Labute approximate surface area is 190 Å². The van der Waals surface area contributed by atoms with Crippen molar-refractivity contribution >= 4 is 22.8 Å². The maximum absolute atomic E-state index is 4.74. The minimum atomic E-state index is 0.447. The molecule has 0 amide bonds. The van der Waals surface area contributed by atoms with Gasteiger partial charge in [-0.1, -0.05) is 30.3 Å². The molecule has 9 heteroatoms. The number of anilines is 1. The zero-order valence-corrected chi connectivity index (χ0v) is 19.5. The number of hydrogen-bond acceptors (Lipinski definition) is 6. The highest BCUT2D eigenvalue weighted by Gasteiger charge is 2.10. The van der Waals surface area contributed by atoms with Crippen molar-refractivity contribution < 1.29 is 0 Å². The lowest BCUT2D eigenvalue weighted by Gasteiger charge is -2.24. The van der Waals surface area contributed by atoms with E-state index in [9.17, 15) is 0 Å². The molecule has 2 aromatic heterocycles. The van der Waals surface area contributed by atoms with Crippen LogP contribution in [0.5, 0.6) is 0 Å². The van der Waals surface area contributed by atoms with Crippen molar-refractivity contribution in [1.82, 2.24) is 35.3 Å². The van der Waals surface area contributed by atoms with Crippen LogP contribution < -0.4 is 16.0 Å². The molecule has 2 heterocycles. The predicted octanol–water partition coefficient (Wildman–Crippen LogP) is 2.24. The Kier molecular flexibility index (Phi) is 8.79. The summed E-state index contributed by atoms with van der Waals surface area (Å²) in [5, 5.41) is 15.2. The van der Waals surface area contributed by atoms with E-state index in [2.05, 4.69) is 87.1 Å². The third-order valence-corrected chi connectivity index (χ3v) is 5.43. The molecule has 0 aliphatic heterocycles. The molecular weight excluding hydrogens is 402 g/mol. The zero-order chi connectivity index (χ0) is 22.8. The molecule has 0 radical (unpaired) electrons. The predicted molar refractivity (Wildman–Crippen MR) is 131 cm³/mol. The van der Waals surface area contributed by atoms with E-state index in [0.29, 0.717) is 12.6 Å². The number of aromatic nitrogens is 4. The van der Waals surface area contributed by atoms with Gasteiger partial charge in [0.1, 0.15) is 12.1 Å². The fourth-order valence-electron chi connectivity index (χ4n) is 3.42. The topological polar surface area (TPSA) is 95.3 Å². The Morgan fingerprint density at radius 1 is 1.16 bits per heavy atom. The van der Waals surface area contributed by atoms with E-state index in [4.69, 9.17) is 4.99 Å². The van der Waals surface area contributed by atoms with Crippen LogP contribution in [0.25, 0.3) is 11.0 Å². The Morgan fingerprint density at radius 3 is 2.75 bits per heavy atom. The molecule has 0 aliphatic carbocycles. The minimum Gasteiger partial charge on any atom is -0.368 e. The number of guanidine groups is 1. The van der Waals surface area contributed by atoms with Crippen LogP contribution in [0.4, 0.5) is 5.82 Å². The molecule has 172 valence electrons. The van der Waals surface area contributed by atoms with Crippen LogP contribution in [0.3, 0.4) is 0 Å². The normalized spacial score (nSPS) is 12.8. The van der Waals surface area contributed by atoms with Gasteiger partial charge in [0.2, 0.25) is 0 Å². The van der Waals surface area contributed by atoms with Crippen molar-refractivity contribution in [3.63, 3.8) is 0 Å². The number of aliphatic imine (C=N–C) groups is 1. The number of rotatable bonds is 11. The van der Waals surface area contributed by atoms with Crippen molar-refractivity contribution in [3.8, 4) is 0 Å². The molecule has 9 nitrogen and oxygen atoms in total. The second-order valence-electron chi connectivity index (χ2n) is 7.88. The molecule has 0 aliphatic rings. The molecular formula is C23H35N9. The highest BCUT2D eigenvalue weighted by molar-refractivity contribution is 5.86. The van der Waals surface area contributed by atoms with Crippen molar-refractivity contribution in [2.45, 2.75) is 32.9 Å². The molecule has 3 N–H and O–H groups in total. The van der Waals surface area contributed by atoms with E-state index in [1.165, 1.54) is 5.56 Å². The molecule has 0 fully saturated rings. The van der Waals surface area contributed by atoms with E-state index in [1.54, 1.807) is 17.2 Å². The maximum Gasteiger partial charge on any atom is 0.191 e. The second-order valence-corrected chi connectivity index (χ2v) is 7.88. The average Bonchev–Trinajstić information content (AvgIpc) is 3.18. The monoisotopic (exact) mass is 437 g/mol. The first-order chi connectivity index (χ1) is 15.6. The molecule has 0 saturated carbocycles. The number of hydrogen-bond donors (Lipinski definition) is 3. The quantitative estimate of drug-likeness (QED) is 0.241. The summed E-state index contributed by atoms with van der Waals surface area (Å²) in [6, 6.07) is 11.0. The number of aryl methyl sites for hydroxylation is 1. The van der Waals surface area contributed by atoms with Gasteiger partial charge in [0, 0.05) is 45.8 Å². The molecule has 1 atom stereocenters. The van der Waals surface area contributed by atoms with Gasteiger partial charge >= 0.3 is 0 Å². The standard InChI is InChI=1S/C23H35N9/c1-5-24-23(26-12-11-18(2)31(3)16-19-9-7-6-8-10-19)27-14-13-25-21-20-15-30-32(4)22(20)29-17-28-21/h6-10,15,17-18H,5,11-14,16H2,1-4H3,(H2,24,26,27)(H,25,28,29). The van der Waals surface area contributed by atoms with Gasteiger partial charge in [0.25, 0.3) is 0 Å². The Morgan fingerprint density at radius 2 is 1.97 bits per heavy atom. The van der Waals surface area contributed by atoms with Crippen LogP contribution in [0.15, 0.2) is 47.8 Å². The Bertz CT molecular complexity index is 984. The lowest BCUT2D eigenvalue weighted by Crippen LogP contribution is -2.40. The highest BCUT2D eigenvalue weighted by Crippen LogP contribution is 2.17. The summed E-state index contributed by atoms with van der Waals surface area (Å²) in [6.07, 6.45) is 4.34. The van der Waals surface area contributed by atoms with Crippen LogP contribution in [0.1, 0.15) is 25.8 Å². The second kappa shape index (κ2) is 12.0. The van der Waals surface area contributed by atoms with Gasteiger partial charge in [-0.2, -0.15) is 5.10 Å². The van der Waals surface area contributed by atoms with E-state index in [1.807, 2.05) is 7.05 Å². The molecule has 32 heavy (non-hydrogen) atoms. The van der Waals surface area contributed by atoms with Gasteiger partial charge < -0.3 is 16.0 Å². The summed E-state index contributed by atoms with van der Waals surface area (Å²) >= 11 is 0. The Balaban J connectivity index is 1.43. The third-order valence-electron chi connectivity index (χ3n) is 5.43. The summed E-state index contributed by atoms with van der Waals surface area (Å²) in [7, 11) is 4.04. The van der Waals surface area contributed by atoms with Gasteiger partial charge in [0.15, 0.2) is 11.6 Å². The summed E-state index contributed by atoms with van der Waals surface area (Å²) in [6.45, 7) is 8.30. The van der Waals surface area contributed by atoms with Crippen LogP contribution in [0.2, 0.25) is 0 Å². The fourth-order valence-corrected chi connectivity index (χ4v) is 3.42. The number of nitrogens with one attached hydrogen (secondary N) is 3. The van der Waals surface area contributed by atoms with Gasteiger partial charge in [-0.05, 0) is 32.9 Å². The van der Waals surface area contributed by atoms with Crippen LogP contribution in [-0.4, -0.2) is 69.9 Å². The van der Waals surface area contributed by atoms with E-state index in [0.717, 1.165) is 55.4 Å². The molecule has 0 saturated heterocycles. The van der Waals surface area contributed by atoms with Crippen LogP contribution in [-0.2, 0) is 13.6 Å². The number of benzene rings is 1. The summed E-state index contributed by atoms with van der Waals surface area (Å²) in [4.78, 5) is 15.7. The highest BCUT2D eigenvalue weighted by atomic mass is 15.3. The first-order valence-corrected chi connectivity index (χ1v) is 11.2. The smallest absolute Gasteiger partial charge is 0.191 e. The number of fused-ring (bicyclic) bond motifs is 1. The van der Waals surface area contributed by atoms with E-state index in [-0.39, 0.29) is 0 Å². The molecule has 0 bridgehead atoms. The molecule has 3 aromatic rings. The van der Waals surface area contributed by atoms with E-state index < -0.39 is 0 Å². The van der Waals surface area contributed by atoms with E-state index >= 15 is 0 Å². The minimum absolute atomic E-state index is 0.447. The summed E-state index contributed by atoms with van der Waals surface area (Å²) < 4.78 is 1.74. The molecule has 1 unspecified atom stereocenters. The maximum atomic E-state index is 4.74. The average molecular weight is 438 g/mol. The van der Waals surface area contributed by atoms with Crippen molar-refractivity contribution in [3.05, 3.63) is 48.4 Å². The van der Waals surface area contributed by atoms with Crippen LogP contribution in [0, 0.1) is 0 Å². The Hall–Kier alpha value is -3.20. The summed E-state index contributed by atoms with van der Waals surface area (Å²) in [5.74, 6) is 1.63. The zero-order valence-electron chi connectivity index (χ0n) is 19.5. The SMILES string of the molecule is CCNC(=NCCC(C)N(C)Cc1ccccc1)NCCNc1ncnc2c1cnn2C. The van der Waals surface area contributed by atoms with Gasteiger partial charge in [0.05, 0.1) is 11.6 Å². The van der Waals surface area contributed by atoms with Crippen molar-refractivity contribution in [1.29, 1.82) is 0 Å². The van der Waals surface area contributed by atoms with Gasteiger partial charge in [-0.15, -0.1) is 0 Å². The fraction of sp³-hybridized carbons (Fsp3) is 0.478. The number of nitrogens with zero attached hydrogens (tertiary/aromatic N) is 6. The molecule has 1 aromatic carbocycles. The lowest BCUT2D eigenvalue weighted by atomic mass is 10.1. The first kappa shape index (κ1) is 23.5. The van der Waals surface area contributed by atoms with Crippen molar-refractivity contribution in [2.24, 2.45) is 12.0 Å². The summed E-state index contributed by atoms with van der Waals surface area (Å²) in [5.41, 5.74) is 2.15. The first-order valence-electron chi connectivity index (χ1n) is 11.2. The largest absolute Gasteiger partial charge is 0.368 e. The molecule has 3 rings (SSSR count). The molecule has 0 spiro atoms. The third kappa shape index (κ3) is 6.65.